The maximum absolute atomic E-state index is 2.46. The Bertz CT molecular complexity index is 15.8. The summed E-state index contributed by atoms with van der Waals surface area (Å²) in [5, 5.41) is 0. The number of hydrogen-bond donors (Lipinski definition) is 0. The van der Waals surface area contributed by atoms with E-state index >= 15 is 0 Å². The molecule has 0 fully saturated rings. The Labute approximate surface area is 157 Å². The Kier molecular flexibility index (Phi) is 65.4. The SMILES string of the molecule is I.I.I[I-]I.[I][V]([I])[I]. The van der Waals surface area contributed by atoms with Crippen molar-refractivity contribution >= 4 is 145 Å². The molecule has 9 heteroatoms. The fourth-order valence-electron chi connectivity index (χ4n) is 0. The third-order valence-electron chi connectivity index (χ3n) is 0. The van der Waals surface area contributed by atoms with Gasteiger partial charge in [-0.3, -0.25) is 0 Å². The summed E-state index contributed by atoms with van der Waals surface area (Å²) < 4.78 is 0. The molecule has 0 aromatic heterocycles. The minimum atomic E-state index is -0.278. The molecule has 0 saturated heterocycles. The van der Waals surface area contributed by atoms with Crippen molar-refractivity contribution in [2.24, 2.45) is 0 Å². The second-order valence-electron chi connectivity index (χ2n) is 0.246. The first-order valence-electron chi connectivity index (χ1n) is 0.793. The van der Waals surface area contributed by atoms with Gasteiger partial charge in [-0.2, -0.15) is 0 Å². The Hall–Kier alpha value is 6.42. The van der Waals surface area contributed by atoms with Crippen molar-refractivity contribution in [3.8, 4) is 0 Å². The van der Waals surface area contributed by atoms with Gasteiger partial charge in [0.25, 0.3) is 0 Å². The van der Waals surface area contributed by atoms with Crippen LogP contribution in [0.2, 0.25) is 0 Å². The predicted molar refractivity (Wildman–Crippen MR) is 101 cm³/mol. The number of rotatable bonds is 0. The summed E-state index contributed by atoms with van der Waals surface area (Å²) in [4.78, 5) is -0.278. The van der Waals surface area contributed by atoms with Gasteiger partial charge in [-0.25, -0.2) is 0 Å². The van der Waals surface area contributed by atoms with E-state index in [1.807, 2.05) is 0 Å². The minimum absolute atomic E-state index is 0. The molecule has 0 heterocycles. The topological polar surface area (TPSA) is 0 Å². The van der Waals surface area contributed by atoms with Crippen molar-refractivity contribution in [3.05, 3.63) is 0 Å². The monoisotopic (exact) mass is 1070 g/mol. The Morgan fingerprint density at radius 1 is 0.889 bits per heavy atom. The van der Waals surface area contributed by atoms with Crippen LogP contribution < -0.4 is 13.3 Å². The first-order valence-corrected chi connectivity index (χ1v) is 26.9. The summed E-state index contributed by atoms with van der Waals surface area (Å²) in [7, 11) is 0. The predicted octanol–water partition coefficient (Wildman–Crippen LogP) is 2.67. The molecule has 0 aliphatic rings. The summed E-state index contributed by atoms with van der Waals surface area (Å²) in [6.07, 6.45) is 0. The standard InChI is InChI=1S/I3.5HI.V/c1-3-2;;;;;;/h;5*1H;/q-1;;;;;;+3/p-3. The Balaban J connectivity index is -0.0000000233. The molecule has 0 atom stereocenters. The molecule has 0 spiro atoms. The van der Waals surface area contributed by atoms with Crippen molar-refractivity contribution in [1.82, 2.24) is 0 Å². The van der Waals surface area contributed by atoms with Gasteiger partial charge < -0.3 is 0 Å². The molecule has 0 rings (SSSR count). The van der Waals surface area contributed by atoms with Gasteiger partial charge in [0.1, 0.15) is 0 Å². The van der Waals surface area contributed by atoms with Crippen LogP contribution >= 0.6 is 145 Å². The normalized spacial score (nSPS) is 6.44. The molecule has 0 unspecified atom stereocenters. The quantitative estimate of drug-likeness (QED) is 0.328. The van der Waals surface area contributed by atoms with Crippen LogP contribution in [0, 0.1) is 0 Å². The molecule has 0 saturated carbocycles. The summed E-state index contributed by atoms with van der Waals surface area (Å²) >= 11 is 12.7. The molecule has 64 valence electrons. The van der Waals surface area contributed by atoms with E-state index in [1.54, 1.807) is 0 Å². The average molecular weight is 1070 g/mol. The van der Waals surface area contributed by atoms with E-state index in [0.717, 1.165) is 0 Å². The van der Waals surface area contributed by atoms with Gasteiger partial charge in [-0.15, -0.1) is 48.0 Å². The third-order valence-corrected chi connectivity index (χ3v) is 0. The first kappa shape index (κ1) is 24.6. The Morgan fingerprint density at radius 3 is 0.889 bits per heavy atom. The molecule has 0 aromatic rings. The van der Waals surface area contributed by atoms with E-state index in [1.165, 1.54) is 0 Å². The van der Waals surface area contributed by atoms with Crippen LogP contribution in [0.5, 0.6) is 0 Å². The molecule has 0 N–H and O–H groups in total. The average Bonchev–Trinajstić information content (AvgIpc) is 1.33. The van der Waals surface area contributed by atoms with Crippen molar-refractivity contribution in [1.29, 1.82) is 0 Å². The summed E-state index contributed by atoms with van der Waals surface area (Å²) in [6, 6.07) is 0. The molecule has 0 aliphatic carbocycles. The fourth-order valence-corrected chi connectivity index (χ4v) is 0. The molecule has 0 aromatic carbocycles. The summed E-state index contributed by atoms with van der Waals surface area (Å²) in [5.74, 6) is 0. The van der Waals surface area contributed by atoms with E-state index in [4.69, 9.17) is 0 Å². The van der Waals surface area contributed by atoms with Crippen molar-refractivity contribution in [2.45, 2.75) is 0 Å². The van der Waals surface area contributed by atoms with E-state index in [9.17, 15) is 0 Å². The second kappa shape index (κ2) is 23.9. The van der Waals surface area contributed by atoms with Crippen molar-refractivity contribution in [2.75, 3.05) is 0 Å². The molecular formula is H2I8V-. The molecule has 0 amide bonds. The number of hydrogen-bond acceptors (Lipinski definition) is 0. The van der Waals surface area contributed by atoms with Crippen molar-refractivity contribution in [3.63, 3.8) is 0 Å². The van der Waals surface area contributed by atoms with Crippen molar-refractivity contribution < 1.29 is 18.2 Å². The Morgan fingerprint density at radius 2 is 0.889 bits per heavy atom. The van der Waals surface area contributed by atoms with E-state index in [2.05, 4.69) is 97.2 Å². The zero-order chi connectivity index (χ0) is 6.28. The number of halogens is 8. The molecule has 0 aliphatic heterocycles. The van der Waals surface area contributed by atoms with Crippen LogP contribution in [0.3, 0.4) is 0 Å². The fraction of sp³-hybridized carbons (Fsp3) is 0. The maximum atomic E-state index is 2.46. The molecule has 9 heavy (non-hydrogen) atoms. The van der Waals surface area contributed by atoms with Gasteiger partial charge in [0.2, 0.25) is 0 Å². The molecule has 0 nitrogen and oxygen atoms in total. The van der Waals surface area contributed by atoms with Crippen LogP contribution in [0.15, 0.2) is 0 Å². The van der Waals surface area contributed by atoms with Gasteiger partial charge in [0.05, 0.1) is 0 Å². The van der Waals surface area contributed by atoms with Crippen LogP contribution in [0.1, 0.15) is 0 Å². The van der Waals surface area contributed by atoms with Gasteiger partial charge in [0, 0.05) is 0 Å². The third kappa shape index (κ3) is 53.9. The van der Waals surface area contributed by atoms with Gasteiger partial charge in [-0.05, 0) is 0 Å². The molecule has 0 bridgehead atoms. The van der Waals surface area contributed by atoms with E-state index in [0.29, 0.717) is 13.3 Å². The zero-order valence-corrected chi connectivity index (χ0v) is 22.5. The zero-order valence-electron chi connectivity index (χ0n) is 3.53. The van der Waals surface area contributed by atoms with Crippen LogP contribution in [0.25, 0.3) is 0 Å². The first-order chi connectivity index (χ1) is 3.15. The molecular weight excluding hydrogens is 1070 g/mol. The second-order valence-corrected chi connectivity index (χ2v) is 51.9. The van der Waals surface area contributed by atoms with Gasteiger partial charge >= 0.3 is 115 Å². The summed E-state index contributed by atoms with van der Waals surface area (Å²) in [6.45, 7) is 0. The van der Waals surface area contributed by atoms with Crippen LogP contribution in [0.4, 0.5) is 0 Å². The van der Waals surface area contributed by atoms with Gasteiger partial charge in [0.15, 0.2) is 0 Å². The van der Waals surface area contributed by atoms with Crippen LogP contribution in [-0.4, -0.2) is 0 Å². The molecule has 0 radical (unpaired) electrons. The van der Waals surface area contributed by atoms with Gasteiger partial charge in [-0.1, -0.05) is 0 Å². The van der Waals surface area contributed by atoms with Crippen LogP contribution in [-0.2, 0) is 4.92 Å². The van der Waals surface area contributed by atoms with E-state index < -0.39 is 0 Å². The van der Waals surface area contributed by atoms with E-state index in [-0.39, 0.29) is 52.9 Å². The summed E-state index contributed by atoms with van der Waals surface area (Å²) in [5.41, 5.74) is 0.